The second-order valence-electron chi connectivity index (χ2n) is 5.04. The number of carbonyl (C=O) groups excluding carboxylic acids is 2. The number of hydrogen-bond acceptors (Lipinski definition) is 7. The summed E-state index contributed by atoms with van der Waals surface area (Å²) in [7, 11) is -4.94. The van der Waals surface area contributed by atoms with Gasteiger partial charge in [0.15, 0.2) is 12.2 Å². The molecule has 0 radical (unpaired) electrons. The van der Waals surface area contributed by atoms with E-state index in [0.29, 0.717) is 0 Å². The second-order valence-corrected chi connectivity index (χ2v) is 7.10. The zero-order valence-electron chi connectivity index (χ0n) is 10.1. The Bertz CT molecular complexity index is 586. The lowest BCUT2D eigenvalue weighted by Crippen LogP contribution is -2.46. The largest absolute Gasteiger partial charge is 0.455 e. The molecule has 0 amide bonds. The van der Waals surface area contributed by atoms with Crippen LogP contribution >= 0.6 is 0 Å². The van der Waals surface area contributed by atoms with Crippen LogP contribution in [0, 0.1) is 5.92 Å². The molecule has 0 N–H and O–H groups in total. The maximum atomic E-state index is 13.3. The van der Waals surface area contributed by atoms with Crippen molar-refractivity contribution in [2.24, 2.45) is 5.92 Å². The van der Waals surface area contributed by atoms with Crippen molar-refractivity contribution in [2.75, 3.05) is 6.26 Å². The Kier molecular flexibility index (Phi) is 2.65. The molecule has 5 atom stereocenters. The van der Waals surface area contributed by atoms with Gasteiger partial charge in [0.25, 0.3) is 0 Å². The third-order valence-corrected chi connectivity index (χ3v) is 4.83. The van der Waals surface area contributed by atoms with Gasteiger partial charge < -0.3 is 14.2 Å². The highest BCUT2D eigenvalue weighted by Crippen LogP contribution is 2.47. The molecule has 20 heavy (non-hydrogen) atoms. The third-order valence-electron chi connectivity index (χ3n) is 3.73. The van der Waals surface area contributed by atoms with Gasteiger partial charge in [-0.15, -0.1) is 0 Å². The average molecular weight is 312 g/mol. The van der Waals surface area contributed by atoms with Crippen molar-refractivity contribution in [3.8, 4) is 0 Å². The number of halogens is 2. The van der Waals surface area contributed by atoms with E-state index in [-0.39, 0.29) is 12.7 Å². The topological polar surface area (TPSA) is 96.0 Å². The number of carbonyl (C=O) groups is 2. The SMILES string of the molecule is CS(=O)(=O)C(F)(F)C(=O)OC1C2CC3C(=O)OC1C3O2. The van der Waals surface area contributed by atoms with E-state index in [1.807, 2.05) is 0 Å². The van der Waals surface area contributed by atoms with Crippen LogP contribution in [0.25, 0.3) is 0 Å². The molecule has 3 fully saturated rings. The fourth-order valence-electron chi connectivity index (χ4n) is 2.73. The van der Waals surface area contributed by atoms with Crippen LogP contribution in [-0.4, -0.2) is 56.3 Å². The number of alkyl halides is 2. The fraction of sp³-hybridized carbons (Fsp3) is 0.800. The van der Waals surface area contributed by atoms with E-state index in [1.54, 1.807) is 0 Å². The first-order valence-electron chi connectivity index (χ1n) is 5.77. The predicted molar refractivity (Wildman–Crippen MR) is 56.3 cm³/mol. The third kappa shape index (κ3) is 1.67. The Balaban J connectivity index is 1.77. The highest BCUT2D eigenvalue weighted by molar-refractivity contribution is 7.92. The zero-order valence-corrected chi connectivity index (χ0v) is 10.9. The molecule has 3 heterocycles. The van der Waals surface area contributed by atoms with Crippen LogP contribution in [0.2, 0.25) is 0 Å². The first-order valence-corrected chi connectivity index (χ1v) is 7.66. The Morgan fingerprint density at radius 3 is 2.65 bits per heavy atom. The molecule has 0 aromatic heterocycles. The summed E-state index contributed by atoms with van der Waals surface area (Å²) >= 11 is 0. The minimum absolute atomic E-state index is 0.211. The number of hydrogen-bond donors (Lipinski definition) is 0. The van der Waals surface area contributed by atoms with Crippen molar-refractivity contribution in [3.63, 3.8) is 0 Å². The minimum Gasteiger partial charge on any atom is -0.455 e. The van der Waals surface area contributed by atoms with E-state index in [0.717, 1.165) is 0 Å². The van der Waals surface area contributed by atoms with Crippen molar-refractivity contribution in [2.45, 2.75) is 36.1 Å². The van der Waals surface area contributed by atoms with Gasteiger partial charge in [-0.25, -0.2) is 13.2 Å². The summed E-state index contributed by atoms with van der Waals surface area (Å²) in [5.74, 6) is -3.16. The van der Waals surface area contributed by atoms with Crippen molar-refractivity contribution in [1.29, 1.82) is 0 Å². The van der Waals surface area contributed by atoms with Gasteiger partial charge in [-0.05, 0) is 6.42 Å². The van der Waals surface area contributed by atoms with Crippen LogP contribution in [0.1, 0.15) is 6.42 Å². The summed E-state index contributed by atoms with van der Waals surface area (Å²) in [4.78, 5) is 22.7. The molecule has 5 unspecified atom stereocenters. The molecule has 0 aromatic carbocycles. The average Bonchev–Trinajstić information content (AvgIpc) is 2.91. The molecule has 0 aromatic rings. The summed E-state index contributed by atoms with van der Waals surface area (Å²) in [5.41, 5.74) is 0. The highest BCUT2D eigenvalue weighted by atomic mass is 32.2. The molecule has 3 aliphatic rings. The summed E-state index contributed by atoms with van der Waals surface area (Å²) < 4.78 is 63.2. The lowest BCUT2D eigenvalue weighted by molar-refractivity contribution is -0.174. The van der Waals surface area contributed by atoms with Gasteiger partial charge in [-0.2, -0.15) is 8.78 Å². The smallest absolute Gasteiger partial charge is 0.439 e. The highest BCUT2D eigenvalue weighted by Gasteiger charge is 2.66. The van der Waals surface area contributed by atoms with Gasteiger partial charge in [-0.3, -0.25) is 4.79 Å². The van der Waals surface area contributed by atoms with E-state index in [9.17, 15) is 26.8 Å². The lowest BCUT2D eigenvalue weighted by Gasteiger charge is -2.24. The molecule has 3 rings (SSSR count). The van der Waals surface area contributed by atoms with Crippen LogP contribution in [-0.2, 0) is 33.6 Å². The van der Waals surface area contributed by atoms with Gasteiger partial charge in [0, 0.05) is 6.26 Å². The fourth-order valence-corrected chi connectivity index (χ4v) is 3.08. The predicted octanol–water partition coefficient (Wildman–Crippen LogP) is -0.752. The van der Waals surface area contributed by atoms with Gasteiger partial charge in [0.1, 0.15) is 6.10 Å². The molecule has 7 nitrogen and oxygen atoms in total. The Labute approximate surface area is 112 Å². The molecule has 0 aliphatic carbocycles. The van der Waals surface area contributed by atoms with Crippen LogP contribution in [0.3, 0.4) is 0 Å². The summed E-state index contributed by atoms with van der Waals surface area (Å²) in [5, 5.41) is -4.64. The maximum Gasteiger partial charge on any atom is 0.439 e. The van der Waals surface area contributed by atoms with E-state index in [1.165, 1.54) is 0 Å². The first kappa shape index (κ1) is 13.7. The van der Waals surface area contributed by atoms with Crippen LogP contribution in [0.4, 0.5) is 8.78 Å². The van der Waals surface area contributed by atoms with Gasteiger partial charge in [-0.1, -0.05) is 0 Å². The molecular formula is C10H10F2O7S. The minimum atomic E-state index is -4.94. The molecule has 2 bridgehead atoms. The molecule has 3 saturated heterocycles. The number of esters is 2. The van der Waals surface area contributed by atoms with Crippen LogP contribution < -0.4 is 0 Å². The van der Waals surface area contributed by atoms with Crippen molar-refractivity contribution >= 4 is 21.8 Å². The van der Waals surface area contributed by atoms with Gasteiger partial charge in [0.05, 0.1) is 12.0 Å². The molecule has 112 valence electrons. The Morgan fingerprint density at radius 2 is 2.05 bits per heavy atom. The van der Waals surface area contributed by atoms with Gasteiger partial charge >= 0.3 is 17.2 Å². The molecular weight excluding hydrogens is 302 g/mol. The van der Waals surface area contributed by atoms with Crippen molar-refractivity contribution < 1.29 is 41.0 Å². The van der Waals surface area contributed by atoms with E-state index >= 15 is 0 Å². The number of sulfone groups is 1. The molecule has 0 spiro atoms. The number of fused-ring (bicyclic) bond motifs is 1. The quantitative estimate of drug-likeness (QED) is 0.632. The summed E-state index contributed by atoms with van der Waals surface area (Å²) in [6, 6.07) is 0. The number of ether oxygens (including phenoxy) is 3. The number of rotatable bonds is 3. The normalized spacial score (nSPS) is 39.0. The van der Waals surface area contributed by atoms with Crippen LogP contribution in [0.15, 0.2) is 0 Å². The molecule has 3 aliphatic heterocycles. The first-order chi connectivity index (χ1) is 9.13. The standard InChI is InChI=1S/C10H10F2O7S/c1-20(15,16)10(11,12)9(14)19-6-4-2-3-5(17-4)7(6)18-8(3)13/h3-7H,2H2,1H3. The van der Waals surface area contributed by atoms with Crippen molar-refractivity contribution in [1.82, 2.24) is 0 Å². The summed E-state index contributed by atoms with van der Waals surface area (Å²) in [6.07, 6.45) is -3.02. The second kappa shape index (κ2) is 3.88. The Morgan fingerprint density at radius 1 is 1.40 bits per heavy atom. The lowest BCUT2D eigenvalue weighted by atomic mass is 9.88. The molecule has 10 heteroatoms. The zero-order chi connectivity index (χ0) is 14.9. The van der Waals surface area contributed by atoms with E-state index in [4.69, 9.17) is 9.47 Å². The van der Waals surface area contributed by atoms with E-state index < -0.39 is 57.4 Å². The Hall–Kier alpha value is -1.29. The van der Waals surface area contributed by atoms with Crippen molar-refractivity contribution in [3.05, 3.63) is 0 Å². The monoisotopic (exact) mass is 312 g/mol. The van der Waals surface area contributed by atoms with E-state index in [2.05, 4.69) is 4.74 Å². The van der Waals surface area contributed by atoms with Gasteiger partial charge in [0.2, 0.25) is 9.84 Å². The van der Waals surface area contributed by atoms with Crippen LogP contribution in [0.5, 0.6) is 0 Å². The molecule has 0 saturated carbocycles. The summed E-state index contributed by atoms with van der Waals surface area (Å²) in [6.45, 7) is 0. The maximum absolute atomic E-state index is 13.3.